The number of sulfonamides is 1. The number of carbonyl (C=O) groups is 2. The molecule has 7 nitrogen and oxygen atoms in total. The van der Waals surface area contributed by atoms with Gasteiger partial charge in [-0.15, -0.1) is 0 Å². The summed E-state index contributed by atoms with van der Waals surface area (Å²) in [6.07, 6.45) is 9.13. The average molecular weight is 635 g/mol. The van der Waals surface area contributed by atoms with Crippen LogP contribution in [0.15, 0.2) is 42.5 Å². The maximum absolute atomic E-state index is 14.0. The van der Waals surface area contributed by atoms with E-state index in [2.05, 4.69) is 17.4 Å². The fourth-order valence-corrected chi connectivity index (χ4v) is 9.49. The van der Waals surface area contributed by atoms with Crippen LogP contribution in [0.25, 0.3) is 0 Å². The third-order valence-electron chi connectivity index (χ3n) is 9.61. The summed E-state index contributed by atoms with van der Waals surface area (Å²) in [7, 11) is -3.82. The Labute approximate surface area is 260 Å². The Morgan fingerprint density at radius 3 is 1.98 bits per heavy atom. The number of halogens is 2. The molecule has 0 aromatic heterocycles. The van der Waals surface area contributed by atoms with Crippen LogP contribution >= 0.6 is 23.2 Å². The first-order valence-electron chi connectivity index (χ1n) is 15.0. The molecular weight excluding hydrogens is 593 g/mol. The van der Waals surface area contributed by atoms with Crippen LogP contribution < -0.4 is 9.62 Å². The van der Waals surface area contributed by atoms with E-state index in [1.165, 1.54) is 49.0 Å². The van der Waals surface area contributed by atoms with Gasteiger partial charge < -0.3 is 10.2 Å². The molecule has 0 heterocycles. The minimum Gasteiger partial charge on any atom is -0.355 e. The van der Waals surface area contributed by atoms with Crippen molar-refractivity contribution < 1.29 is 18.0 Å². The Hall–Kier alpha value is -2.29. The summed E-state index contributed by atoms with van der Waals surface area (Å²) in [4.78, 5) is 28.4. The van der Waals surface area contributed by atoms with Crippen molar-refractivity contribution in [3.8, 4) is 0 Å². The van der Waals surface area contributed by atoms with Gasteiger partial charge in [-0.05, 0) is 105 Å². The van der Waals surface area contributed by atoms with E-state index in [0.29, 0.717) is 34.3 Å². The highest BCUT2D eigenvalue weighted by molar-refractivity contribution is 7.92. The molecule has 10 heteroatoms. The standard InChI is InChI=1S/C32H41Cl2N3O4S/c1-4-29(31(39)35-5-2)36(19-26-27(33)7-6-8-28(26)34)30(38)20-37(42(3,40)41)25-11-9-24(10-12-25)32-16-21-13-22(17-32)15-23(14-21)18-32/h6-12,21-23,29H,4-5,13-20H2,1-3H3,(H,35,39)/t21?,22?,23?,29-,32?/m0/s1. The van der Waals surface area contributed by atoms with Gasteiger partial charge in [0.25, 0.3) is 0 Å². The molecule has 1 atom stereocenters. The van der Waals surface area contributed by atoms with Crippen LogP contribution in [0.3, 0.4) is 0 Å². The first kappa shape index (κ1) is 31.1. The van der Waals surface area contributed by atoms with Crippen molar-refractivity contribution in [3.05, 3.63) is 63.6 Å². The van der Waals surface area contributed by atoms with Gasteiger partial charge in [0.05, 0.1) is 11.9 Å². The highest BCUT2D eigenvalue weighted by Crippen LogP contribution is 2.60. The maximum Gasteiger partial charge on any atom is 0.244 e. The van der Waals surface area contributed by atoms with E-state index in [1.807, 2.05) is 19.1 Å². The van der Waals surface area contributed by atoms with Crippen molar-refractivity contribution in [2.45, 2.75) is 76.8 Å². The Morgan fingerprint density at radius 2 is 1.50 bits per heavy atom. The molecule has 4 bridgehead atoms. The fourth-order valence-electron chi connectivity index (χ4n) is 8.12. The van der Waals surface area contributed by atoms with Crippen LogP contribution in [0.1, 0.15) is 69.9 Å². The van der Waals surface area contributed by atoms with Crippen LogP contribution in [0.2, 0.25) is 10.0 Å². The van der Waals surface area contributed by atoms with Gasteiger partial charge in [0.1, 0.15) is 12.6 Å². The van der Waals surface area contributed by atoms with Gasteiger partial charge >= 0.3 is 0 Å². The fraction of sp³-hybridized carbons (Fsp3) is 0.562. The molecule has 0 spiro atoms. The van der Waals surface area contributed by atoms with Crippen LogP contribution in [0.4, 0.5) is 5.69 Å². The lowest BCUT2D eigenvalue weighted by Gasteiger charge is -2.57. The van der Waals surface area contributed by atoms with Gasteiger partial charge in [0.15, 0.2) is 0 Å². The van der Waals surface area contributed by atoms with Gasteiger partial charge in [-0.2, -0.15) is 0 Å². The van der Waals surface area contributed by atoms with Gasteiger partial charge in [-0.1, -0.05) is 48.3 Å². The summed E-state index contributed by atoms with van der Waals surface area (Å²) >= 11 is 12.9. The van der Waals surface area contributed by atoms with Crippen LogP contribution in [0.5, 0.6) is 0 Å². The summed E-state index contributed by atoms with van der Waals surface area (Å²) in [6.45, 7) is 3.53. The van der Waals surface area contributed by atoms with E-state index < -0.39 is 28.5 Å². The Kier molecular flexibility index (Phi) is 9.17. The normalized spacial score (nSPS) is 25.2. The monoisotopic (exact) mass is 633 g/mol. The molecule has 4 saturated carbocycles. The van der Waals surface area contributed by atoms with E-state index in [9.17, 15) is 18.0 Å². The van der Waals surface area contributed by atoms with Crippen molar-refractivity contribution in [2.24, 2.45) is 17.8 Å². The maximum atomic E-state index is 14.0. The molecule has 0 saturated heterocycles. The molecule has 1 N–H and O–H groups in total. The zero-order valence-corrected chi connectivity index (χ0v) is 26.9. The van der Waals surface area contributed by atoms with Crippen LogP contribution in [-0.4, -0.2) is 50.5 Å². The molecule has 2 amide bonds. The highest BCUT2D eigenvalue weighted by atomic mass is 35.5. The molecule has 4 aliphatic rings. The number of nitrogens with one attached hydrogen (secondary N) is 1. The van der Waals surface area contributed by atoms with Gasteiger partial charge in [0, 0.05) is 28.7 Å². The quantitative estimate of drug-likeness (QED) is 0.321. The molecule has 0 radical (unpaired) electrons. The summed E-state index contributed by atoms with van der Waals surface area (Å²) in [6, 6.07) is 12.0. The predicted molar refractivity (Wildman–Crippen MR) is 168 cm³/mol. The van der Waals surface area contributed by atoms with Gasteiger partial charge in [-0.3, -0.25) is 13.9 Å². The van der Waals surface area contributed by atoms with Crippen molar-refractivity contribution in [3.63, 3.8) is 0 Å². The lowest BCUT2D eigenvalue weighted by Crippen LogP contribution is -2.52. The first-order chi connectivity index (χ1) is 19.9. The number of anilines is 1. The average Bonchev–Trinajstić information content (AvgIpc) is 2.92. The van der Waals surface area contributed by atoms with E-state index in [1.54, 1.807) is 25.1 Å². The second-order valence-corrected chi connectivity index (χ2v) is 15.3. The van der Waals surface area contributed by atoms with Crippen molar-refractivity contribution >= 4 is 50.7 Å². The van der Waals surface area contributed by atoms with Crippen LogP contribution in [-0.2, 0) is 31.6 Å². The minimum atomic E-state index is -3.82. The van der Waals surface area contributed by atoms with Crippen molar-refractivity contribution in [2.75, 3.05) is 23.7 Å². The number of hydrogen-bond donors (Lipinski definition) is 1. The zero-order valence-electron chi connectivity index (χ0n) is 24.6. The molecular formula is C32H41Cl2N3O4S. The summed E-state index contributed by atoms with van der Waals surface area (Å²) in [5.41, 5.74) is 2.40. The third kappa shape index (κ3) is 6.31. The Morgan fingerprint density at radius 1 is 0.952 bits per heavy atom. The lowest BCUT2D eigenvalue weighted by atomic mass is 9.48. The number of likely N-dealkylation sites (N-methyl/N-ethyl adjacent to an activating group) is 1. The molecule has 4 fully saturated rings. The number of benzene rings is 2. The molecule has 2 aromatic carbocycles. The topological polar surface area (TPSA) is 86.8 Å². The molecule has 42 heavy (non-hydrogen) atoms. The molecule has 228 valence electrons. The van der Waals surface area contributed by atoms with Crippen molar-refractivity contribution in [1.29, 1.82) is 0 Å². The van der Waals surface area contributed by atoms with Crippen LogP contribution in [0, 0.1) is 17.8 Å². The zero-order chi connectivity index (χ0) is 30.2. The molecule has 2 aromatic rings. The van der Waals surface area contributed by atoms with E-state index in [-0.39, 0.29) is 17.9 Å². The van der Waals surface area contributed by atoms with E-state index >= 15 is 0 Å². The summed E-state index contributed by atoms with van der Waals surface area (Å²) in [5, 5.41) is 3.53. The summed E-state index contributed by atoms with van der Waals surface area (Å²) < 4.78 is 27.3. The van der Waals surface area contributed by atoms with E-state index in [4.69, 9.17) is 23.2 Å². The summed E-state index contributed by atoms with van der Waals surface area (Å²) in [5.74, 6) is 1.57. The largest absolute Gasteiger partial charge is 0.355 e. The predicted octanol–water partition coefficient (Wildman–Crippen LogP) is 6.17. The SMILES string of the molecule is CCNC(=O)[C@H](CC)N(Cc1c(Cl)cccc1Cl)C(=O)CN(c1ccc(C23CC4CC(CC(C4)C2)C3)cc1)S(C)(=O)=O. The molecule has 4 aliphatic carbocycles. The Balaban J connectivity index is 1.42. The Bertz CT molecular complexity index is 1370. The molecule has 0 unspecified atom stereocenters. The smallest absolute Gasteiger partial charge is 0.244 e. The molecule has 0 aliphatic heterocycles. The second-order valence-electron chi connectivity index (χ2n) is 12.6. The number of amides is 2. The van der Waals surface area contributed by atoms with Gasteiger partial charge in [-0.25, -0.2) is 8.42 Å². The lowest BCUT2D eigenvalue weighted by molar-refractivity contribution is -0.140. The number of carbonyl (C=O) groups excluding carboxylic acids is 2. The number of hydrogen-bond acceptors (Lipinski definition) is 4. The first-order valence-corrected chi connectivity index (χ1v) is 17.6. The molecule has 6 rings (SSSR count). The second kappa shape index (κ2) is 12.4. The van der Waals surface area contributed by atoms with Gasteiger partial charge in [0.2, 0.25) is 21.8 Å². The third-order valence-corrected chi connectivity index (χ3v) is 11.5. The minimum absolute atomic E-state index is 0.0322. The van der Waals surface area contributed by atoms with Crippen molar-refractivity contribution in [1.82, 2.24) is 10.2 Å². The number of nitrogens with zero attached hydrogens (tertiary/aromatic N) is 2. The highest BCUT2D eigenvalue weighted by Gasteiger charge is 2.51. The number of rotatable bonds is 11. The van der Waals surface area contributed by atoms with E-state index in [0.717, 1.165) is 28.3 Å².